The Morgan fingerprint density at radius 2 is 1.36 bits per heavy atom. The Morgan fingerprint density at radius 3 is 1.82 bits per heavy atom. The highest BCUT2D eigenvalue weighted by Crippen LogP contribution is 2.22. The smallest absolute Gasteiger partial charge is 0.118 e. The Hall–Kier alpha value is -1.13. The van der Waals surface area contributed by atoms with E-state index in [1.165, 1.54) is 23.5 Å². The molecular weight excluding hydrogens is 360 g/mol. The van der Waals surface area contributed by atoms with Crippen LogP contribution in [0.2, 0.25) is 0 Å². The molecule has 4 heteroatoms. The highest BCUT2D eigenvalue weighted by molar-refractivity contribution is 9.10. The second kappa shape index (κ2) is 11.4. The lowest BCUT2D eigenvalue weighted by Gasteiger charge is -2.02. The lowest BCUT2D eigenvalue weighted by atomic mass is 10.3. The van der Waals surface area contributed by atoms with Gasteiger partial charge >= 0.3 is 0 Å². The van der Waals surface area contributed by atoms with E-state index in [1.54, 1.807) is 14.2 Å². The number of hydrogen-bond donors (Lipinski definition) is 0. The van der Waals surface area contributed by atoms with Gasteiger partial charge in [0.2, 0.25) is 0 Å². The first-order valence-electron chi connectivity index (χ1n) is 7.26. The Labute approximate surface area is 146 Å². The minimum atomic E-state index is 0.887. The third kappa shape index (κ3) is 7.76. The van der Waals surface area contributed by atoms with E-state index < -0.39 is 0 Å². The van der Waals surface area contributed by atoms with Crippen molar-refractivity contribution in [3.63, 3.8) is 0 Å². The summed E-state index contributed by atoms with van der Waals surface area (Å²) in [4.78, 5) is 1.33. The predicted octanol–water partition coefficient (Wildman–Crippen LogP) is 6.05. The number of rotatable bonds is 6. The molecule has 2 rings (SSSR count). The Kier molecular flexibility index (Phi) is 9.84. The summed E-state index contributed by atoms with van der Waals surface area (Å²) in [6, 6.07) is 15.9. The molecular formula is C18H23BrO2S. The van der Waals surface area contributed by atoms with Crippen molar-refractivity contribution in [2.75, 3.05) is 20.0 Å². The Morgan fingerprint density at radius 1 is 0.864 bits per heavy atom. The largest absolute Gasteiger partial charge is 0.497 e. The molecule has 2 aromatic rings. The number of thioether (sulfide) groups is 1. The van der Waals surface area contributed by atoms with Crippen LogP contribution in [0.1, 0.15) is 19.8 Å². The molecule has 2 aromatic carbocycles. The first-order chi connectivity index (χ1) is 10.7. The summed E-state index contributed by atoms with van der Waals surface area (Å²) in [5, 5.41) is 0. The van der Waals surface area contributed by atoms with Crippen molar-refractivity contribution in [1.82, 2.24) is 0 Å². The van der Waals surface area contributed by atoms with E-state index in [9.17, 15) is 0 Å². The average molecular weight is 383 g/mol. The van der Waals surface area contributed by atoms with Gasteiger partial charge < -0.3 is 9.47 Å². The van der Waals surface area contributed by atoms with Crippen LogP contribution >= 0.6 is 27.7 Å². The zero-order chi connectivity index (χ0) is 16.2. The van der Waals surface area contributed by atoms with Gasteiger partial charge in [0.1, 0.15) is 11.5 Å². The summed E-state index contributed by atoms with van der Waals surface area (Å²) in [6.45, 7) is 2.22. The fourth-order valence-corrected chi connectivity index (χ4v) is 2.84. The van der Waals surface area contributed by atoms with Gasteiger partial charge in [-0.3, -0.25) is 0 Å². The lowest BCUT2D eigenvalue weighted by Crippen LogP contribution is -1.82. The molecule has 0 aliphatic heterocycles. The van der Waals surface area contributed by atoms with Crippen molar-refractivity contribution in [2.24, 2.45) is 0 Å². The zero-order valence-electron chi connectivity index (χ0n) is 13.3. The summed E-state index contributed by atoms with van der Waals surface area (Å²) in [7, 11) is 3.35. The molecule has 22 heavy (non-hydrogen) atoms. The number of unbranched alkanes of at least 4 members (excludes halogenated alkanes) is 1. The van der Waals surface area contributed by atoms with Gasteiger partial charge in [-0.2, -0.15) is 0 Å². The molecule has 0 spiro atoms. The molecule has 0 aliphatic carbocycles. The number of ether oxygens (including phenoxy) is 2. The third-order valence-corrected chi connectivity index (χ3v) is 4.50. The van der Waals surface area contributed by atoms with Gasteiger partial charge in [-0.05, 0) is 60.7 Å². The van der Waals surface area contributed by atoms with E-state index in [2.05, 4.69) is 35.0 Å². The molecule has 0 amide bonds. The monoisotopic (exact) mass is 382 g/mol. The predicted molar refractivity (Wildman–Crippen MR) is 99.3 cm³/mol. The van der Waals surface area contributed by atoms with E-state index in [4.69, 9.17) is 9.47 Å². The van der Waals surface area contributed by atoms with E-state index >= 15 is 0 Å². The normalized spacial score (nSPS) is 9.64. The molecule has 0 aliphatic rings. The number of methoxy groups -OCH3 is 2. The summed E-state index contributed by atoms with van der Waals surface area (Å²) in [6.07, 6.45) is 2.56. The van der Waals surface area contributed by atoms with Crippen LogP contribution in [0.5, 0.6) is 11.5 Å². The fourth-order valence-electron chi connectivity index (χ4n) is 1.58. The van der Waals surface area contributed by atoms with Crippen molar-refractivity contribution in [1.29, 1.82) is 0 Å². The fraction of sp³-hybridized carbons (Fsp3) is 0.333. The van der Waals surface area contributed by atoms with Gasteiger partial charge in [-0.1, -0.05) is 29.3 Å². The summed E-state index contributed by atoms with van der Waals surface area (Å²) in [5.41, 5.74) is 0. The second-order valence-electron chi connectivity index (χ2n) is 4.54. The standard InChI is InChI=1S/C11H16OS.C7H7BrO/c1-3-4-9-13-11-7-5-10(12-2)6-8-11;1-9-7-4-2-6(8)3-5-7/h5-8H,3-4,9H2,1-2H3;2-5H,1H3. The second-order valence-corrected chi connectivity index (χ2v) is 6.62. The van der Waals surface area contributed by atoms with Crippen LogP contribution in [0, 0.1) is 0 Å². The molecule has 2 nitrogen and oxygen atoms in total. The molecule has 0 radical (unpaired) electrons. The van der Waals surface area contributed by atoms with Gasteiger partial charge in [0.25, 0.3) is 0 Å². The number of benzene rings is 2. The first-order valence-corrected chi connectivity index (χ1v) is 9.03. The molecule has 0 fully saturated rings. The van der Waals surface area contributed by atoms with E-state index in [-0.39, 0.29) is 0 Å². The molecule has 0 bridgehead atoms. The van der Waals surface area contributed by atoms with Crippen LogP contribution in [0.3, 0.4) is 0 Å². The Balaban J connectivity index is 0.000000235. The molecule has 0 heterocycles. The summed E-state index contributed by atoms with van der Waals surface area (Å²) < 4.78 is 11.1. The van der Waals surface area contributed by atoms with Crippen LogP contribution in [-0.2, 0) is 0 Å². The van der Waals surface area contributed by atoms with E-state index in [0.717, 1.165) is 16.0 Å². The number of hydrogen-bond acceptors (Lipinski definition) is 3. The molecule has 0 saturated heterocycles. The Bertz CT molecular complexity index is 512. The van der Waals surface area contributed by atoms with Crippen LogP contribution in [0.4, 0.5) is 0 Å². The van der Waals surface area contributed by atoms with Gasteiger partial charge in [0.15, 0.2) is 0 Å². The molecule has 0 aromatic heterocycles. The van der Waals surface area contributed by atoms with Crippen molar-refractivity contribution >= 4 is 27.7 Å². The van der Waals surface area contributed by atoms with Crippen LogP contribution in [-0.4, -0.2) is 20.0 Å². The topological polar surface area (TPSA) is 18.5 Å². The van der Waals surface area contributed by atoms with Crippen LogP contribution in [0.15, 0.2) is 57.9 Å². The van der Waals surface area contributed by atoms with Crippen molar-refractivity contribution in [3.8, 4) is 11.5 Å². The minimum Gasteiger partial charge on any atom is -0.497 e. The zero-order valence-corrected chi connectivity index (χ0v) is 15.7. The maximum absolute atomic E-state index is 5.09. The van der Waals surface area contributed by atoms with E-state index in [1.807, 2.05) is 48.2 Å². The van der Waals surface area contributed by atoms with Crippen LogP contribution in [0.25, 0.3) is 0 Å². The highest BCUT2D eigenvalue weighted by atomic mass is 79.9. The van der Waals surface area contributed by atoms with Crippen LogP contribution < -0.4 is 9.47 Å². The maximum Gasteiger partial charge on any atom is 0.118 e. The van der Waals surface area contributed by atoms with Gasteiger partial charge in [0, 0.05) is 9.37 Å². The van der Waals surface area contributed by atoms with E-state index in [0.29, 0.717) is 0 Å². The van der Waals surface area contributed by atoms with Gasteiger partial charge in [0.05, 0.1) is 14.2 Å². The highest BCUT2D eigenvalue weighted by Gasteiger charge is 1.94. The molecule has 0 atom stereocenters. The third-order valence-electron chi connectivity index (χ3n) is 2.88. The maximum atomic E-state index is 5.09. The summed E-state index contributed by atoms with van der Waals surface area (Å²) in [5.74, 6) is 3.03. The molecule has 0 N–H and O–H groups in total. The molecule has 120 valence electrons. The van der Waals surface area contributed by atoms with Gasteiger partial charge in [-0.15, -0.1) is 11.8 Å². The van der Waals surface area contributed by atoms with Crippen molar-refractivity contribution in [3.05, 3.63) is 53.0 Å². The van der Waals surface area contributed by atoms with Crippen molar-refractivity contribution in [2.45, 2.75) is 24.7 Å². The lowest BCUT2D eigenvalue weighted by molar-refractivity contribution is 0.414. The quantitative estimate of drug-likeness (QED) is 0.447. The molecule has 0 unspecified atom stereocenters. The van der Waals surface area contributed by atoms with Gasteiger partial charge in [-0.25, -0.2) is 0 Å². The summed E-state index contributed by atoms with van der Waals surface area (Å²) >= 11 is 5.23. The van der Waals surface area contributed by atoms with Crippen molar-refractivity contribution < 1.29 is 9.47 Å². The minimum absolute atomic E-state index is 0.887. The number of halogens is 1. The first kappa shape index (κ1) is 18.9. The average Bonchev–Trinajstić information content (AvgIpc) is 2.57. The molecule has 0 saturated carbocycles. The SMILES string of the molecule is CCCCSc1ccc(OC)cc1.COc1ccc(Br)cc1.